The van der Waals surface area contributed by atoms with Crippen LogP contribution in [0.25, 0.3) is 0 Å². The quantitative estimate of drug-likeness (QED) is 0.664. The van der Waals surface area contributed by atoms with Crippen LogP contribution < -0.4 is 25.4 Å². The number of carbonyl (C=O) groups is 2. The summed E-state index contributed by atoms with van der Waals surface area (Å²) in [4.78, 5) is 26.9. The second kappa shape index (κ2) is 8.23. The number of anilines is 2. The van der Waals surface area contributed by atoms with Gasteiger partial charge in [0.1, 0.15) is 17.4 Å². The molecule has 4 rings (SSSR count). The maximum absolute atomic E-state index is 13.6. The number of hydrogen-bond acceptors (Lipinski definition) is 4. The molecular weight excluding hydrogens is 394 g/mol. The molecule has 3 atom stereocenters. The van der Waals surface area contributed by atoms with Gasteiger partial charge >= 0.3 is 0 Å². The Bertz CT molecular complexity index is 1010. The molecule has 2 aliphatic heterocycles. The Morgan fingerprint density at radius 1 is 1.23 bits per heavy atom. The molecule has 0 bridgehead atoms. The van der Waals surface area contributed by atoms with Crippen molar-refractivity contribution in [2.75, 3.05) is 24.9 Å². The van der Waals surface area contributed by atoms with Crippen LogP contribution in [0.5, 0.6) is 11.5 Å². The van der Waals surface area contributed by atoms with E-state index in [1.54, 1.807) is 32.4 Å². The van der Waals surface area contributed by atoms with Gasteiger partial charge in [0.2, 0.25) is 11.4 Å². The van der Waals surface area contributed by atoms with Crippen molar-refractivity contribution >= 4 is 23.2 Å². The largest absolute Gasteiger partial charge is 0.497 e. The number of rotatable bonds is 6. The molecule has 2 amide bonds. The molecule has 0 unspecified atom stereocenters. The van der Waals surface area contributed by atoms with Crippen LogP contribution in [-0.2, 0) is 15.1 Å². The lowest BCUT2D eigenvalue weighted by molar-refractivity contribution is -0.733. The molecule has 7 nitrogen and oxygen atoms in total. The first-order valence-electron chi connectivity index (χ1n) is 10.7. The molecule has 2 heterocycles. The highest BCUT2D eigenvalue weighted by molar-refractivity contribution is 6.09. The number of quaternary nitrogens is 1. The van der Waals surface area contributed by atoms with E-state index in [2.05, 4.69) is 29.8 Å². The smallest absolute Gasteiger partial charge is 0.291 e. The molecule has 1 fully saturated rings. The maximum atomic E-state index is 13.6. The summed E-state index contributed by atoms with van der Waals surface area (Å²) < 4.78 is 10.7. The molecule has 1 spiro atoms. The van der Waals surface area contributed by atoms with Crippen LogP contribution in [0.2, 0.25) is 0 Å². The van der Waals surface area contributed by atoms with Crippen LogP contribution in [0.15, 0.2) is 42.5 Å². The molecule has 31 heavy (non-hydrogen) atoms. The van der Waals surface area contributed by atoms with E-state index >= 15 is 0 Å². The summed E-state index contributed by atoms with van der Waals surface area (Å²) in [5, 5.41) is 8.12. The monoisotopic (exact) mass is 424 g/mol. The van der Waals surface area contributed by atoms with E-state index in [4.69, 9.17) is 9.47 Å². The van der Waals surface area contributed by atoms with Gasteiger partial charge in [-0.15, -0.1) is 0 Å². The number of ether oxygens (including phenoxy) is 2. The predicted octanol–water partition coefficient (Wildman–Crippen LogP) is 2.49. The highest BCUT2D eigenvalue weighted by atomic mass is 16.5. The first-order chi connectivity index (χ1) is 14.9. The number of amides is 2. The minimum atomic E-state index is -0.966. The molecular formula is C24H30N3O4+. The van der Waals surface area contributed by atoms with E-state index in [0.29, 0.717) is 29.5 Å². The van der Waals surface area contributed by atoms with Gasteiger partial charge in [0, 0.05) is 24.5 Å². The van der Waals surface area contributed by atoms with Crippen LogP contribution in [0.3, 0.4) is 0 Å². The molecule has 2 aromatic carbocycles. The molecule has 0 radical (unpaired) electrons. The third-order valence-corrected chi connectivity index (χ3v) is 6.34. The number of nitrogens with one attached hydrogen (secondary N) is 2. The normalized spacial score (nSPS) is 24.2. The van der Waals surface area contributed by atoms with Crippen LogP contribution in [-0.4, -0.2) is 32.1 Å². The Hall–Kier alpha value is -3.06. The van der Waals surface area contributed by atoms with Crippen LogP contribution in [0.1, 0.15) is 32.3 Å². The van der Waals surface area contributed by atoms with Crippen LogP contribution in [0, 0.1) is 11.8 Å². The summed E-state index contributed by atoms with van der Waals surface area (Å²) in [6.07, 6.45) is 1.56. The predicted molar refractivity (Wildman–Crippen MR) is 118 cm³/mol. The van der Waals surface area contributed by atoms with E-state index < -0.39 is 11.5 Å². The van der Waals surface area contributed by atoms with Crippen molar-refractivity contribution in [3.05, 3.63) is 48.0 Å². The summed E-state index contributed by atoms with van der Waals surface area (Å²) in [6, 6.07) is 13.1. The van der Waals surface area contributed by atoms with Gasteiger partial charge in [-0.25, -0.2) is 0 Å². The Labute approximate surface area is 182 Å². The summed E-state index contributed by atoms with van der Waals surface area (Å²) in [6.45, 7) is 4.33. The van der Waals surface area contributed by atoms with Gasteiger partial charge in [-0.3, -0.25) is 9.59 Å². The highest BCUT2D eigenvalue weighted by Crippen LogP contribution is 2.44. The number of benzene rings is 2. The van der Waals surface area contributed by atoms with Crippen molar-refractivity contribution < 1.29 is 24.4 Å². The van der Waals surface area contributed by atoms with Crippen molar-refractivity contribution in [1.29, 1.82) is 0 Å². The standard InChI is InChI=1S/C24H29N3O4/c1-14(2)11-15-12-18(22(28)25-20-13-16(30-3)9-10-21(20)31-4)24(27-15)17-7-5-6-8-19(17)26-23(24)29/h5-10,13-15,18,27H,11-12H2,1-4H3,(H,25,28)(H,26,29)/p+1/t15-,18+,24-/m0/s1. The molecule has 0 saturated carbocycles. The third kappa shape index (κ3) is 3.63. The molecule has 2 aliphatic rings. The minimum absolute atomic E-state index is 0.127. The lowest BCUT2D eigenvalue weighted by Gasteiger charge is -2.26. The van der Waals surface area contributed by atoms with Gasteiger partial charge in [-0.05, 0) is 24.1 Å². The van der Waals surface area contributed by atoms with Crippen molar-refractivity contribution in [3.8, 4) is 11.5 Å². The van der Waals surface area contributed by atoms with E-state index in [1.165, 1.54) is 0 Å². The zero-order chi connectivity index (χ0) is 22.2. The van der Waals surface area contributed by atoms with Gasteiger partial charge in [0.05, 0.1) is 31.6 Å². The number of hydrogen-bond donors (Lipinski definition) is 3. The number of carbonyl (C=O) groups excluding carboxylic acids is 2. The lowest BCUT2D eigenvalue weighted by Crippen LogP contribution is -2.98. The third-order valence-electron chi connectivity index (χ3n) is 6.34. The molecule has 164 valence electrons. The molecule has 0 aromatic heterocycles. The van der Waals surface area contributed by atoms with Crippen LogP contribution in [0.4, 0.5) is 11.4 Å². The van der Waals surface area contributed by atoms with E-state index in [1.807, 2.05) is 24.3 Å². The van der Waals surface area contributed by atoms with Gasteiger partial charge in [0.25, 0.3) is 5.91 Å². The van der Waals surface area contributed by atoms with E-state index in [0.717, 1.165) is 17.7 Å². The summed E-state index contributed by atoms with van der Waals surface area (Å²) in [5.41, 5.74) is 1.22. The maximum Gasteiger partial charge on any atom is 0.291 e. The number of fused-ring (bicyclic) bond motifs is 2. The van der Waals surface area contributed by atoms with Gasteiger partial charge in [-0.2, -0.15) is 0 Å². The van der Waals surface area contributed by atoms with Crippen molar-refractivity contribution in [3.63, 3.8) is 0 Å². The summed E-state index contributed by atoms with van der Waals surface area (Å²) >= 11 is 0. The van der Waals surface area contributed by atoms with E-state index in [9.17, 15) is 9.59 Å². The zero-order valence-corrected chi connectivity index (χ0v) is 18.4. The summed E-state index contributed by atoms with van der Waals surface area (Å²) in [5.74, 6) is 0.790. The molecule has 4 N–H and O–H groups in total. The fraction of sp³-hybridized carbons (Fsp3) is 0.417. The Morgan fingerprint density at radius 2 is 2.00 bits per heavy atom. The van der Waals surface area contributed by atoms with Crippen LogP contribution >= 0.6 is 0 Å². The second-order valence-corrected chi connectivity index (χ2v) is 8.77. The summed E-state index contributed by atoms with van der Waals surface area (Å²) in [7, 11) is 3.13. The minimum Gasteiger partial charge on any atom is -0.497 e. The lowest BCUT2D eigenvalue weighted by atomic mass is 9.79. The molecule has 0 aliphatic carbocycles. The average Bonchev–Trinajstić information content (AvgIpc) is 3.26. The molecule has 1 saturated heterocycles. The number of nitrogens with two attached hydrogens (primary N) is 1. The Morgan fingerprint density at radius 3 is 2.71 bits per heavy atom. The van der Waals surface area contributed by atoms with Gasteiger partial charge in [-0.1, -0.05) is 32.0 Å². The second-order valence-electron chi connectivity index (χ2n) is 8.77. The number of methoxy groups -OCH3 is 2. The fourth-order valence-corrected chi connectivity index (χ4v) is 5.07. The van der Waals surface area contributed by atoms with Gasteiger partial charge < -0.3 is 25.4 Å². The van der Waals surface area contributed by atoms with Crippen molar-refractivity contribution in [2.45, 2.75) is 38.3 Å². The average molecular weight is 425 g/mol. The van der Waals surface area contributed by atoms with Gasteiger partial charge in [0.15, 0.2) is 0 Å². The Kier molecular flexibility index (Phi) is 5.62. The first kappa shape index (κ1) is 21.2. The molecule has 2 aromatic rings. The van der Waals surface area contributed by atoms with E-state index in [-0.39, 0.29) is 17.9 Å². The Balaban J connectivity index is 1.71. The SMILES string of the molecule is COc1ccc(OC)c(NC(=O)[C@H]2C[C@H](CC(C)C)[NH2+][C@]23C(=O)Nc2ccccc23)c1. The number of para-hydroxylation sites is 1. The van der Waals surface area contributed by atoms with Crippen molar-refractivity contribution in [2.24, 2.45) is 11.8 Å². The highest BCUT2D eigenvalue weighted by Gasteiger charge is 2.64. The fourth-order valence-electron chi connectivity index (χ4n) is 5.07. The van der Waals surface area contributed by atoms with Crippen molar-refractivity contribution in [1.82, 2.24) is 0 Å². The topological polar surface area (TPSA) is 93.3 Å². The first-order valence-corrected chi connectivity index (χ1v) is 10.7. The zero-order valence-electron chi connectivity index (χ0n) is 18.4. The molecule has 7 heteroatoms.